The number of hydrogen-bond donors (Lipinski definition) is 0. The van der Waals surface area contributed by atoms with Crippen LogP contribution in [0.25, 0.3) is 0 Å². The third-order valence-electron chi connectivity index (χ3n) is 4.27. The van der Waals surface area contributed by atoms with Gasteiger partial charge in [-0.05, 0) is 11.8 Å². The number of rotatable bonds is 4. The molecule has 1 radical (unpaired) electrons. The summed E-state index contributed by atoms with van der Waals surface area (Å²) < 4.78 is 0. The van der Waals surface area contributed by atoms with E-state index in [1.54, 1.807) is 0 Å². The summed E-state index contributed by atoms with van der Waals surface area (Å²) in [4.78, 5) is 0. The van der Waals surface area contributed by atoms with Crippen molar-refractivity contribution >= 4 is 26.5 Å². The molecule has 0 fully saturated rings. The summed E-state index contributed by atoms with van der Waals surface area (Å²) in [6.45, 7) is 22.3. The molecule has 0 aliphatic carbocycles. The first-order valence-electron chi connectivity index (χ1n) is 10.3. The fourth-order valence-corrected chi connectivity index (χ4v) is 2.40. The van der Waals surface area contributed by atoms with Crippen LogP contribution < -0.4 is 0 Å². The fourth-order valence-electron chi connectivity index (χ4n) is 2.40. The van der Waals surface area contributed by atoms with Gasteiger partial charge >= 0.3 is 37.9 Å². The molecule has 4 heteroatoms. The van der Waals surface area contributed by atoms with Gasteiger partial charge in [0.1, 0.15) is 0 Å². The van der Waals surface area contributed by atoms with E-state index >= 15 is 0 Å². The van der Waals surface area contributed by atoms with Crippen LogP contribution in [0, 0.1) is 0 Å². The summed E-state index contributed by atoms with van der Waals surface area (Å²) in [5.74, 6) is 2.68. The van der Waals surface area contributed by atoms with Gasteiger partial charge in [0.05, 0.1) is 0 Å². The van der Waals surface area contributed by atoms with E-state index in [2.05, 4.69) is 105 Å². The van der Waals surface area contributed by atoms with Gasteiger partial charge in [-0.1, -0.05) is 80.3 Å². The van der Waals surface area contributed by atoms with Crippen molar-refractivity contribution in [2.75, 3.05) is 0 Å². The van der Waals surface area contributed by atoms with E-state index in [9.17, 15) is 0 Å². The predicted octanol–water partition coefficient (Wildman–Crippen LogP) is 9.20. The summed E-state index contributed by atoms with van der Waals surface area (Å²) in [7, 11) is 10.6. The van der Waals surface area contributed by atoms with Crippen LogP contribution in [-0.2, 0) is 20.8 Å². The summed E-state index contributed by atoms with van der Waals surface area (Å²) in [5, 5.41) is 0. The van der Waals surface area contributed by atoms with Gasteiger partial charge in [-0.15, -0.1) is 0 Å². The van der Waals surface area contributed by atoms with Crippen molar-refractivity contribution in [3.8, 4) is 0 Å². The van der Waals surface area contributed by atoms with Crippen LogP contribution in [0.3, 0.4) is 0 Å². The van der Waals surface area contributed by atoms with E-state index < -0.39 is 20.8 Å². The zero-order chi connectivity index (χ0) is 22.3. The SMILES string of the molecule is CC(C)c1c[cH-]c(C(C)C)c1.CC(C)c1c[cH-]c(C(C)C)c1.C[SiH]C.[Cl][Zr+2][Cl]. The second kappa shape index (κ2) is 18.2. The van der Waals surface area contributed by atoms with Crippen LogP contribution >= 0.6 is 17.0 Å². The molecule has 2 aromatic carbocycles. The van der Waals surface area contributed by atoms with E-state index in [-0.39, 0.29) is 0 Å². The molecule has 0 amide bonds. The molecule has 2 rings (SSSR count). The van der Waals surface area contributed by atoms with E-state index in [1.165, 1.54) is 22.3 Å². The van der Waals surface area contributed by atoms with Crippen LogP contribution in [0.2, 0.25) is 13.1 Å². The number of halogens is 2. The molecule has 0 N–H and O–H groups in total. The van der Waals surface area contributed by atoms with Crippen molar-refractivity contribution in [3.05, 3.63) is 58.7 Å². The van der Waals surface area contributed by atoms with E-state index in [0.717, 1.165) is 9.52 Å². The molecule has 0 saturated heterocycles. The average molecular weight is 520 g/mol. The summed E-state index contributed by atoms with van der Waals surface area (Å²) >= 11 is -0.826. The molecule has 0 heterocycles. The quantitative estimate of drug-likeness (QED) is 0.279. The Morgan fingerprint density at radius 1 is 0.679 bits per heavy atom. The second-order valence-electron chi connectivity index (χ2n) is 8.22. The first-order valence-corrected chi connectivity index (χ1v) is 18.9. The Labute approximate surface area is 197 Å². The molecule has 0 saturated carbocycles. The molecule has 0 spiro atoms. The van der Waals surface area contributed by atoms with Gasteiger partial charge in [0.25, 0.3) is 0 Å². The Hall–Kier alpha value is 0.380. The summed E-state index contributed by atoms with van der Waals surface area (Å²) in [5.41, 5.74) is 5.87. The van der Waals surface area contributed by atoms with Gasteiger partial charge in [-0.25, -0.2) is 12.1 Å². The standard InChI is InChI=1S/2C11H17.C2H7Si.2ClH.Zr/c2*1-8(2)10-5-6-11(7-10)9(3)4;1-3-2;;;/h2*5-9H,1-4H3;3H,1-2H3;2*1H;/q2*-1;;;;+4/p-2. The van der Waals surface area contributed by atoms with E-state index in [4.69, 9.17) is 17.0 Å². The molecular formula is C24H41Cl2SiZr. The maximum absolute atomic E-state index is 4.93. The Kier molecular flexibility index (Phi) is 19.8. The second-order valence-corrected chi connectivity index (χ2v) is 13.1. The first-order chi connectivity index (χ1) is 13.0. The van der Waals surface area contributed by atoms with Gasteiger partial charge in [0, 0.05) is 9.52 Å². The minimum absolute atomic E-state index is 0.669. The van der Waals surface area contributed by atoms with E-state index in [0.29, 0.717) is 23.7 Å². The average Bonchev–Trinajstić information content (AvgIpc) is 3.27. The zero-order valence-electron chi connectivity index (χ0n) is 19.6. The van der Waals surface area contributed by atoms with Gasteiger partial charge < -0.3 is 0 Å². The molecule has 28 heavy (non-hydrogen) atoms. The van der Waals surface area contributed by atoms with Crippen LogP contribution in [0.5, 0.6) is 0 Å². The Morgan fingerprint density at radius 2 is 0.929 bits per heavy atom. The molecule has 2 aromatic rings. The van der Waals surface area contributed by atoms with Gasteiger partial charge in [0.15, 0.2) is 0 Å². The molecule has 0 aromatic heterocycles. The van der Waals surface area contributed by atoms with Crippen molar-refractivity contribution in [2.45, 2.75) is 92.2 Å². The van der Waals surface area contributed by atoms with Gasteiger partial charge in [0.2, 0.25) is 0 Å². The van der Waals surface area contributed by atoms with Crippen LogP contribution in [0.4, 0.5) is 0 Å². The van der Waals surface area contributed by atoms with Gasteiger partial charge in [-0.2, -0.15) is 46.5 Å². The molecule has 0 bridgehead atoms. The van der Waals surface area contributed by atoms with Crippen molar-refractivity contribution in [1.29, 1.82) is 0 Å². The molecule has 0 aliphatic heterocycles. The van der Waals surface area contributed by atoms with Crippen LogP contribution in [0.15, 0.2) is 36.4 Å². The fraction of sp³-hybridized carbons (Fsp3) is 0.583. The van der Waals surface area contributed by atoms with Gasteiger partial charge in [-0.3, -0.25) is 0 Å². The zero-order valence-corrected chi connectivity index (χ0v) is 24.7. The molecule has 0 aliphatic rings. The van der Waals surface area contributed by atoms with Crippen LogP contribution in [-0.4, -0.2) is 9.52 Å². The predicted molar refractivity (Wildman–Crippen MR) is 131 cm³/mol. The third-order valence-corrected chi connectivity index (χ3v) is 4.27. The molecule has 0 nitrogen and oxygen atoms in total. The Balaban J connectivity index is 0. The number of hydrogen-bond acceptors (Lipinski definition) is 0. The maximum atomic E-state index is 4.93. The monoisotopic (exact) mass is 517 g/mol. The van der Waals surface area contributed by atoms with Crippen molar-refractivity contribution in [3.63, 3.8) is 0 Å². The summed E-state index contributed by atoms with van der Waals surface area (Å²) in [6, 6.07) is 13.6. The van der Waals surface area contributed by atoms with Crippen LogP contribution in [0.1, 0.15) is 101 Å². The Bertz CT molecular complexity index is 486. The van der Waals surface area contributed by atoms with Crippen molar-refractivity contribution < 1.29 is 20.8 Å². The van der Waals surface area contributed by atoms with Crippen molar-refractivity contribution in [2.24, 2.45) is 0 Å². The molecule has 159 valence electrons. The Morgan fingerprint density at radius 3 is 1.04 bits per heavy atom. The summed E-state index contributed by atoms with van der Waals surface area (Å²) in [6.07, 6.45) is 0. The normalized spacial score (nSPS) is 10.0. The van der Waals surface area contributed by atoms with E-state index in [1.807, 2.05) is 0 Å². The molecular weight excluding hydrogens is 478 g/mol. The van der Waals surface area contributed by atoms with Crippen molar-refractivity contribution in [1.82, 2.24) is 0 Å². The minimum atomic E-state index is -0.826. The first kappa shape index (κ1) is 30.6. The third kappa shape index (κ3) is 14.4. The molecule has 0 atom stereocenters. The topological polar surface area (TPSA) is 0 Å². The molecule has 0 unspecified atom stereocenters.